The Bertz CT molecular complexity index is 880. The van der Waals surface area contributed by atoms with Crippen molar-refractivity contribution in [3.8, 4) is 0 Å². The fraction of sp³-hybridized carbons (Fsp3) is 0.600. The number of thioether (sulfide) groups is 1. The molecule has 3 rings (SSSR count). The standard InChI is InChI=1S/C15H22N4O3S2/c1-12(2)5-6-19-15(20)18-11-13(3-4-14(18)16-19)24(21,22)17-7-9-23-10-8-17/h3-4,11-12H,5-10H2,1-2H3. The quantitative estimate of drug-likeness (QED) is 0.792. The molecule has 1 fully saturated rings. The monoisotopic (exact) mass is 370 g/mol. The number of nitrogens with zero attached hydrogens (tertiary/aromatic N) is 4. The van der Waals surface area contributed by atoms with Gasteiger partial charge in [0.2, 0.25) is 10.0 Å². The van der Waals surface area contributed by atoms with Crippen LogP contribution in [-0.4, -0.2) is 51.5 Å². The van der Waals surface area contributed by atoms with Gasteiger partial charge in [0.1, 0.15) is 0 Å². The summed E-state index contributed by atoms with van der Waals surface area (Å²) < 4.78 is 29.7. The topological polar surface area (TPSA) is 76.7 Å². The molecule has 1 saturated heterocycles. The van der Waals surface area contributed by atoms with Crippen molar-refractivity contribution in [2.24, 2.45) is 5.92 Å². The Balaban J connectivity index is 1.96. The first-order chi connectivity index (χ1) is 11.4. The number of pyridine rings is 1. The van der Waals surface area contributed by atoms with Crippen molar-refractivity contribution in [2.75, 3.05) is 24.6 Å². The molecule has 0 bridgehead atoms. The SMILES string of the molecule is CC(C)CCn1nc2ccc(S(=O)(=O)N3CCSCC3)cn2c1=O. The molecule has 7 nitrogen and oxygen atoms in total. The Hall–Kier alpha value is -1.32. The first-order valence-corrected chi connectivity index (χ1v) is 10.7. The van der Waals surface area contributed by atoms with Gasteiger partial charge in [-0.3, -0.25) is 0 Å². The first-order valence-electron chi connectivity index (χ1n) is 8.07. The number of fused-ring (bicyclic) bond motifs is 1. The van der Waals surface area contributed by atoms with Gasteiger partial charge in [-0.05, 0) is 24.5 Å². The molecule has 132 valence electrons. The lowest BCUT2D eigenvalue weighted by Gasteiger charge is -2.25. The molecule has 0 saturated carbocycles. The van der Waals surface area contributed by atoms with Crippen LogP contribution in [0.5, 0.6) is 0 Å². The number of hydrogen-bond donors (Lipinski definition) is 0. The Morgan fingerprint density at radius 3 is 2.62 bits per heavy atom. The molecule has 1 aliphatic rings. The second-order valence-corrected chi connectivity index (χ2v) is 9.46. The average molecular weight is 371 g/mol. The summed E-state index contributed by atoms with van der Waals surface area (Å²) in [4.78, 5) is 12.6. The van der Waals surface area contributed by atoms with Crippen LogP contribution in [0.1, 0.15) is 20.3 Å². The third-order valence-electron chi connectivity index (χ3n) is 4.08. The summed E-state index contributed by atoms with van der Waals surface area (Å²) in [6, 6.07) is 3.13. The predicted octanol–water partition coefficient (Wildman–Crippen LogP) is 1.28. The number of sulfonamides is 1. The summed E-state index contributed by atoms with van der Waals surface area (Å²) in [5.41, 5.74) is 0.175. The van der Waals surface area contributed by atoms with Crippen molar-refractivity contribution < 1.29 is 8.42 Å². The molecule has 1 aliphatic heterocycles. The fourth-order valence-corrected chi connectivity index (χ4v) is 5.19. The van der Waals surface area contributed by atoms with Gasteiger partial charge in [-0.25, -0.2) is 22.3 Å². The molecule has 0 aliphatic carbocycles. The highest BCUT2D eigenvalue weighted by Crippen LogP contribution is 2.20. The van der Waals surface area contributed by atoms with Crippen LogP contribution >= 0.6 is 11.8 Å². The lowest BCUT2D eigenvalue weighted by Crippen LogP contribution is -2.38. The van der Waals surface area contributed by atoms with Gasteiger partial charge in [0, 0.05) is 37.3 Å². The van der Waals surface area contributed by atoms with E-state index >= 15 is 0 Å². The molecule has 24 heavy (non-hydrogen) atoms. The normalized spacial score (nSPS) is 17.0. The van der Waals surface area contributed by atoms with Crippen LogP contribution < -0.4 is 5.69 Å². The van der Waals surface area contributed by atoms with Gasteiger partial charge in [-0.15, -0.1) is 5.10 Å². The molecular weight excluding hydrogens is 348 g/mol. The van der Waals surface area contributed by atoms with Crippen molar-refractivity contribution in [1.29, 1.82) is 0 Å². The number of aryl methyl sites for hydroxylation is 1. The Morgan fingerprint density at radius 2 is 1.96 bits per heavy atom. The van der Waals surface area contributed by atoms with Crippen molar-refractivity contribution in [3.05, 3.63) is 28.8 Å². The zero-order chi connectivity index (χ0) is 17.3. The van der Waals surface area contributed by atoms with Crippen LogP contribution in [0.25, 0.3) is 5.65 Å². The Labute approximate surface area is 145 Å². The van der Waals surface area contributed by atoms with E-state index in [0.29, 0.717) is 31.2 Å². The van der Waals surface area contributed by atoms with Crippen LogP contribution in [0, 0.1) is 5.92 Å². The van der Waals surface area contributed by atoms with Crippen LogP contribution in [0.4, 0.5) is 0 Å². The summed E-state index contributed by atoms with van der Waals surface area (Å²) >= 11 is 1.75. The van der Waals surface area contributed by atoms with E-state index < -0.39 is 10.0 Å². The maximum Gasteiger partial charge on any atom is 0.350 e. The number of aromatic nitrogens is 3. The van der Waals surface area contributed by atoms with Gasteiger partial charge in [0.15, 0.2) is 5.65 Å². The average Bonchev–Trinajstić information content (AvgIpc) is 2.89. The molecule has 2 aromatic heterocycles. The van der Waals surface area contributed by atoms with Gasteiger partial charge in [0.05, 0.1) is 4.90 Å². The third-order valence-corrected chi connectivity index (χ3v) is 6.90. The minimum atomic E-state index is -3.56. The van der Waals surface area contributed by atoms with E-state index in [-0.39, 0.29) is 10.6 Å². The van der Waals surface area contributed by atoms with Crippen molar-refractivity contribution in [3.63, 3.8) is 0 Å². The van der Waals surface area contributed by atoms with Crippen LogP contribution in [0.2, 0.25) is 0 Å². The third kappa shape index (κ3) is 3.38. The van der Waals surface area contributed by atoms with Crippen LogP contribution in [0.15, 0.2) is 28.0 Å². The molecule has 0 aromatic carbocycles. The predicted molar refractivity (Wildman–Crippen MR) is 95.0 cm³/mol. The van der Waals surface area contributed by atoms with Crippen LogP contribution in [-0.2, 0) is 16.6 Å². The summed E-state index contributed by atoms with van der Waals surface area (Å²) in [6.07, 6.45) is 2.24. The summed E-state index contributed by atoms with van der Waals surface area (Å²) in [7, 11) is -3.56. The van der Waals surface area contributed by atoms with E-state index in [1.165, 1.54) is 25.7 Å². The van der Waals surface area contributed by atoms with Crippen molar-refractivity contribution in [1.82, 2.24) is 18.5 Å². The molecule has 0 N–H and O–H groups in total. The van der Waals surface area contributed by atoms with E-state index in [2.05, 4.69) is 18.9 Å². The zero-order valence-electron chi connectivity index (χ0n) is 13.9. The fourth-order valence-electron chi connectivity index (χ4n) is 2.61. The largest absolute Gasteiger partial charge is 0.350 e. The van der Waals surface area contributed by atoms with Gasteiger partial charge >= 0.3 is 5.69 Å². The minimum Gasteiger partial charge on any atom is -0.249 e. The van der Waals surface area contributed by atoms with Gasteiger partial charge < -0.3 is 0 Å². The van der Waals surface area contributed by atoms with E-state index in [4.69, 9.17) is 0 Å². The minimum absolute atomic E-state index is 0.146. The summed E-state index contributed by atoms with van der Waals surface area (Å²) in [5.74, 6) is 2.07. The number of hydrogen-bond acceptors (Lipinski definition) is 5. The van der Waals surface area contributed by atoms with Crippen molar-refractivity contribution in [2.45, 2.75) is 31.7 Å². The Morgan fingerprint density at radius 1 is 1.25 bits per heavy atom. The van der Waals surface area contributed by atoms with Gasteiger partial charge in [0.25, 0.3) is 0 Å². The molecule has 0 radical (unpaired) electrons. The zero-order valence-corrected chi connectivity index (χ0v) is 15.5. The molecular formula is C15H22N4O3S2. The second kappa shape index (κ2) is 6.89. The van der Waals surface area contributed by atoms with Crippen molar-refractivity contribution >= 4 is 27.4 Å². The van der Waals surface area contributed by atoms with E-state index in [9.17, 15) is 13.2 Å². The molecule has 0 amide bonds. The second-order valence-electron chi connectivity index (χ2n) is 6.30. The maximum absolute atomic E-state index is 12.7. The molecule has 9 heteroatoms. The molecule has 3 heterocycles. The van der Waals surface area contributed by atoms with E-state index in [1.807, 2.05) is 0 Å². The molecule has 0 atom stereocenters. The maximum atomic E-state index is 12.7. The highest BCUT2D eigenvalue weighted by Gasteiger charge is 2.26. The van der Waals surface area contributed by atoms with Gasteiger partial charge in [-0.1, -0.05) is 13.8 Å². The highest BCUT2D eigenvalue weighted by molar-refractivity contribution is 7.99. The molecule has 0 spiro atoms. The Kier molecular flexibility index (Phi) is 5.03. The number of rotatable bonds is 5. The first kappa shape index (κ1) is 17.5. The van der Waals surface area contributed by atoms with Crippen LogP contribution in [0.3, 0.4) is 0 Å². The summed E-state index contributed by atoms with van der Waals surface area (Å²) in [5, 5.41) is 4.28. The van der Waals surface area contributed by atoms with Gasteiger partial charge in [-0.2, -0.15) is 16.1 Å². The van der Waals surface area contributed by atoms with E-state index in [0.717, 1.165) is 17.9 Å². The molecule has 0 unspecified atom stereocenters. The molecule has 2 aromatic rings. The summed E-state index contributed by atoms with van der Waals surface area (Å²) in [6.45, 7) is 5.72. The lowest BCUT2D eigenvalue weighted by atomic mass is 10.1. The lowest BCUT2D eigenvalue weighted by molar-refractivity contribution is 0.443. The van der Waals surface area contributed by atoms with E-state index in [1.54, 1.807) is 17.8 Å². The smallest absolute Gasteiger partial charge is 0.249 e. The highest BCUT2D eigenvalue weighted by atomic mass is 32.2.